The van der Waals surface area contributed by atoms with E-state index in [0.717, 1.165) is 24.8 Å². The fourth-order valence-corrected chi connectivity index (χ4v) is 4.47. The Kier molecular flexibility index (Phi) is 4.37. The summed E-state index contributed by atoms with van der Waals surface area (Å²) >= 11 is 0. The number of ether oxygens (including phenoxy) is 1. The van der Waals surface area contributed by atoms with Crippen molar-refractivity contribution < 1.29 is 14.6 Å². The van der Waals surface area contributed by atoms with E-state index in [1.54, 1.807) is 19.1 Å². The minimum Gasteiger partial charge on any atom is -0.508 e. The molecule has 1 amide bonds. The van der Waals surface area contributed by atoms with Crippen LogP contribution in [0.15, 0.2) is 24.3 Å². The van der Waals surface area contributed by atoms with Gasteiger partial charge >= 0.3 is 0 Å². The zero-order chi connectivity index (χ0) is 16.6. The number of hydrogen-bond acceptors (Lipinski definition) is 3. The topological polar surface area (TPSA) is 58.6 Å². The highest BCUT2D eigenvalue weighted by Gasteiger charge is 2.49. The van der Waals surface area contributed by atoms with Crippen molar-refractivity contribution in [2.75, 3.05) is 0 Å². The Morgan fingerprint density at radius 3 is 2.87 bits per heavy atom. The number of amides is 1. The standard InChI is InChI=1S/C19H27NO3/c1-12-7-8-16-17(9-12)23-18(11-19(16,3)20-13(2)21)14-5-4-6-15(22)10-14/h4-6,10,12,16-18,22H,7-9,11H2,1-3H3,(H,20,21)/t12-,16-,17-,18-,19-/m1/s1. The molecule has 5 atom stereocenters. The number of phenolic OH excluding ortho intramolecular Hbond substituents is 1. The molecule has 0 spiro atoms. The zero-order valence-corrected chi connectivity index (χ0v) is 14.2. The molecule has 1 saturated carbocycles. The molecule has 1 saturated heterocycles. The van der Waals surface area contributed by atoms with Crippen LogP contribution < -0.4 is 5.32 Å². The molecule has 3 rings (SSSR count). The molecular formula is C19H27NO3. The van der Waals surface area contributed by atoms with Gasteiger partial charge in [0.05, 0.1) is 12.2 Å². The van der Waals surface area contributed by atoms with Crippen LogP contribution >= 0.6 is 0 Å². The van der Waals surface area contributed by atoms with Crippen LogP contribution in [0.25, 0.3) is 0 Å². The van der Waals surface area contributed by atoms with Crippen LogP contribution in [0.1, 0.15) is 58.1 Å². The van der Waals surface area contributed by atoms with E-state index >= 15 is 0 Å². The van der Waals surface area contributed by atoms with Gasteiger partial charge in [0.15, 0.2) is 0 Å². The maximum absolute atomic E-state index is 11.8. The molecule has 0 unspecified atom stereocenters. The molecule has 4 nitrogen and oxygen atoms in total. The lowest BCUT2D eigenvalue weighted by Gasteiger charge is -2.52. The molecule has 23 heavy (non-hydrogen) atoms. The number of fused-ring (bicyclic) bond motifs is 1. The van der Waals surface area contributed by atoms with Gasteiger partial charge in [-0.2, -0.15) is 0 Å². The molecule has 4 heteroatoms. The van der Waals surface area contributed by atoms with Crippen molar-refractivity contribution in [1.82, 2.24) is 5.32 Å². The van der Waals surface area contributed by atoms with Crippen LogP contribution in [-0.2, 0) is 9.53 Å². The van der Waals surface area contributed by atoms with E-state index in [9.17, 15) is 9.90 Å². The lowest BCUT2D eigenvalue weighted by Crippen LogP contribution is -2.60. The highest BCUT2D eigenvalue weighted by atomic mass is 16.5. The first-order valence-corrected chi connectivity index (χ1v) is 8.60. The van der Waals surface area contributed by atoms with Crippen LogP contribution in [0.2, 0.25) is 0 Å². The number of rotatable bonds is 2. The number of phenols is 1. The SMILES string of the molecule is CC(=O)N[C@]1(C)C[C@H](c2cccc(O)c2)O[C@@H]2C[C@H](C)CC[C@H]21. The van der Waals surface area contributed by atoms with E-state index in [1.807, 2.05) is 12.1 Å². The van der Waals surface area contributed by atoms with Gasteiger partial charge in [0.2, 0.25) is 5.91 Å². The monoisotopic (exact) mass is 317 g/mol. The average Bonchev–Trinajstić information content (AvgIpc) is 2.45. The van der Waals surface area contributed by atoms with E-state index in [-0.39, 0.29) is 29.4 Å². The molecule has 1 aromatic carbocycles. The highest BCUT2D eigenvalue weighted by molar-refractivity contribution is 5.73. The van der Waals surface area contributed by atoms with Crippen LogP contribution in [0.5, 0.6) is 5.75 Å². The van der Waals surface area contributed by atoms with E-state index < -0.39 is 0 Å². The molecule has 126 valence electrons. The van der Waals surface area contributed by atoms with Crippen molar-refractivity contribution in [3.8, 4) is 5.75 Å². The Morgan fingerprint density at radius 1 is 1.39 bits per heavy atom. The fraction of sp³-hybridized carbons (Fsp3) is 0.632. The van der Waals surface area contributed by atoms with Gasteiger partial charge in [0.25, 0.3) is 0 Å². The second kappa shape index (κ2) is 6.16. The summed E-state index contributed by atoms with van der Waals surface area (Å²) in [6, 6.07) is 7.28. The van der Waals surface area contributed by atoms with Crippen LogP contribution in [0.3, 0.4) is 0 Å². The Morgan fingerprint density at radius 2 is 2.17 bits per heavy atom. The van der Waals surface area contributed by atoms with Gasteiger partial charge < -0.3 is 15.2 Å². The molecule has 0 radical (unpaired) electrons. The zero-order valence-electron chi connectivity index (χ0n) is 14.2. The molecule has 1 aliphatic heterocycles. The number of nitrogens with one attached hydrogen (secondary N) is 1. The van der Waals surface area contributed by atoms with Crippen LogP contribution in [0, 0.1) is 11.8 Å². The predicted molar refractivity (Wildman–Crippen MR) is 89.1 cm³/mol. The van der Waals surface area contributed by atoms with Crippen molar-refractivity contribution >= 4 is 5.91 Å². The van der Waals surface area contributed by atoms with Gasteiger partial charge in [-0.05, 0) is 43.4 Å². The predicted octanol–water partition coefficient (Wildman–Crippen LogP) is 3.55. The van der Waals surface area contributed by atoms with Gasteiger partial charge in [-0.25, -0.2) is 0 Å². The molecule has 2 fully saturated rings. The van der Waals surface area contributed by atoms with Gasteiger partial charge in [-0.1, -0.05) is 25.5 Å². The van der Waals surface area contributed by atoms with Gasteiger partial charge in [0.1, 0.15) is 5.75 Å². The van der Waals surface area contributed by atoms with Crippen molar-refractivity contribution in [3.05, 3.63) is 29.8 Å². The van der Waals surface area contributed by atoms with E-state index in [0.29, 0.717) is 11.8 Å². The van der Waals surface area contributed by atoms with E-state index in [2.05, 4.69) is 19.2 Å². The van der Waals surface area contributed by atoms with Crippen molar-refractivity contribution in [1.29, 1.82) is 0 Å². The fourth-order valence-electron chi connectivity index (χ4n) is 4.47. The number of carbonyl (C=O) groups excluding carboxylic acids is 1. The quantitative estimate of drug-likeness (QED) is 0.877. The third-order valence-electron chi connectivity index (χ3n) is 5.52. The Labute approximate surface area is 138 Å². The summed E-state index contributed by atoms with van der Waals surface area (Å²) in [6.07, 6.45) is 4.13. The van der Waals surface area contributed by atoms with E-state index in [4.69, 9.17) is 4.74 Å². The van der Waals surface area contributed by atoms with Gasteiger partial charge in [-0.15, -0.1) is 0 Å². The second-order valence-corrected chi connectivity index (χ2v) is 7.59. The van der Waals surface area contributed by atoms with Crippen LogP contribution in [0.4, 0.5) is 0 Å². The highest BCUT2D eigenvalue weighted by Crippen LogP contribution is 2.48. The second-order valence-electron chi connectivity index (χ2n) is 7.59. The number of hydrogen-bond donors (Lipinski definition) is 2. The Bertz CT molecular complexity index is 588. The maximum Gasteiger partial charge on any atom is 0.217 e. The molecule has 0 bridgehead atoms. The van der Waals surface area contributed by atoms with Crippen LogP contribution in [-0.4, -0.2) is 22.7 Å². The largest absolute Gasteiger partial charge is 0.508 e. The molecule has 1 aromatic rings. The van der Waals surface area contributed by atoms with Crippen molar-refractivity contribution in [3.63, 3.8) is 0 Å². The number of aromatic hydroxyl groups is 1. The molecule has 0 aromatic heterocycles. The summed E-state index contributed by atoms with van der Waals surface area (Å²) in [7, 11) is 0. The summed E-state index contributed by atoms with van der Waals surface area (Å²) in [5.74, 6) is 1.28. The Balaban J connectivity index is 1.90. The minimum absolute atomic E-state index is 0.0152. The molecule has 1 aliphatic carbocycles. The summed E-state index contributed by atoms with van der Waals surface area (Å²) < 4.78 is 6.42. The van der Waals surface area contributed by atoms with Gasteiger partial charge in [-0.3, -0.25) is 4.79 Å². The summed E-state index contributed by atoms with van der Waals surface area (Å²) in [5.41, 5.74) is 0.726. The first kappa shape index (κ1) is 16.3. The minimum atomic E-state index is -0.259. The third kappa shape index (κ3) is 3.37. The first-order chi connectivity index (χ1) is 10.9. The lowest BCUT2D eigenvalue weighted by molar-refractivity contribution is -0.153. The third-order valence-corrected chi connectivity index (χ3v) is 5.52. The summed E-state index contributed by atoms with van der Waals surface area (Å²) in [4.78, 5) is 11.8. The van der Waals surface area contributed by atoms with Crippen molar-refractivity contribution in [2.45, 2.75) is 64.2 Å². The number of carbonyl (C=O) groups is 1. The summed E-state index contributed by atoms with van der Waals surface area (Å²) in [5, 5.41) is 13.0. The molecule has 2 aliphatic rings. The summed E-state index contributed by atoms with van der Waals surface area (Å²) in [6.45, 7) is 6.01. The maximum atomic E-state index is 11.8. The first-order valence-electron chi connectivity index (χ1n) is 8.60. The average molecular weight is 317 g/mol. The van der Waals surface area contributed by atoms with E-state index in [1.165, 1.54) is 6.42 Å². The molecular weight excluding hydrogens is 290 g/mol. The lowest BCUT2D eigenvalue weighted by atomic mass is 9.66. The molecule has 1 heterocycles. The van der Waals surface area contributed by atoms with Crippen molar-refractivity contribution in [2.24, 2.45) is 11.8 Å². The van der Waals surface area contributed by atoms with Gasteiger partial charge in [0, 0.05) is 24.8 Å². The smallest absolute Gasteiger partial charge is 0.217 e. The molecule has 2 N–H and O–H groups in total. The Hall–Kier alpha value is -1.55. The number of benzene rings is 1. The normalized spacial score (nSPS) is 37.0.